The Morgan fingerprint density at radius 2 is 2.20 bits per heavy atom. The summed E-state index contributed by atoms with van der Waals surface area (Å²) in [6.07, 6.45) is 1.84. The van der Waals surface area contributed by atoms with Crippen molar-refractivity contribution in [1.29, 1.82) is 0 Å². The molecule has 0 aromatic rings. The van der Waals surface area contributed by atoms with E-state index in [4.69, 9.17) is 14.9 Å². The van der Waals surface area contributed by atoms with Crippen LogP contribution in [0.25, 0.3) is 0 Å². The van der Waals surface area contributed by atoms with Crippen LogP contribution in [0.5, 0.6) is 0 Å². The molecule has 10 heavy (non-hydrogen) atoms. The van der Waals surface area contributed by atoms with Gasteiger partial charge in [-0.3, -0.25) is 0 Å². The quantitative estimate of drug-likeness (QED) is 0.516. The molecular weight excluding hydrogens is 132 g/mol. The molecule has 60 valence electrons. The van der Waals surface area contributed by atoms with E-state index in [0.29, 0.717) is 13.0 Å². The number of hydrogen-bond acceptors (Lipinski definition) is 3. The Morgan fingerprint density at radius 1 is 1.50 bits per heavy atom. The van der Waals surface area contributed by atoms with Gasteiger partial charge in [-0.1, -0.05) is 6.08 Å². The molecular formula is C7H14O3. The lowest BCUT2D eigenvalue weighted by Gasteiger charge is -2.11. The van der Waals surface area contributed by atoms with Gasteiger partial charge in [-0.15, -0.1) is 6.58 Å². The van der Waals surface area contributed by atoms with E-state index in [-0.39, 0.29) is 19.3 Å². The van der Waals surface area contributed by atoms with Crippen LogP contribution in [-0.2, 0) is 4.74 Å². The third kappa shape index (κ3) is 4.49. The van der Waals surface area contributed by atoms with Crippen molar-refractivity contribution in [3.8, 4) is 0 Å². The van der Waals surface area contributed by atoms with Crippen molar-refractivity contribution in [2.24, 2.45) is 0 Å². The molecule has 0 spiro atoms. The molecule has 0 aliphatic carbocycles. The second kappa shape index (κ2) is 6.74. The first-order valence-corrected chi connectivity index (χ1v) is 3.29. The molecule has 0 rings (SSSR count). The van der Waals surface area contributed by atoms with Crippen LogP contribution in [0.15, 0.2) is 12.7 Å². The van der Waals surface area contributed by atoms with Crippen LogP contribution >= 0.6 is 0 Å². The Hall–Kier alpha value is -0.380. The van der Waals surface area contributed by atoms with Gasteiger partial charge in [-0.25, -0.2) is 0 Å². The molecule has 0 aromatic heterocycles. The normalized spacial score (nSPS) is 13.0. The summed E-state index contributed by atoms with van der Waals surface area (Å²) in [7, 11) is 0. The van der Waals surface area contributed by atoms with Crippen LogP contribution in [0, 0.1) is 0 Å². The summed E-state index contributed by atoms with van der Waals surface area (Å²) in [5, 5.41) is 17.1. The highest BCUT2D eigenvalue weighted by Gasteiger charge is 2.04. The van der Waals surface area contributed by atoms with Gasteiger partial charge in [0, 0.05) is 6.61 Å². The smallest absolute Gasteiger partial charge is 0.0831 e. The first-order valence-electron chi connectivity index (χ1n) is 3.29. The van der Waals surface area contributed by atoms with Crippen LogP contribution in [0.2, 0.25) is 0 Å². The van der Waals surface area contributed by atoms with Gasteiger partial charge in [0.15, 0.2) is 0 Å². The number of ether oxygens (including phenoxy) is 1. The minimum Gasteiger partial charge on any atom is -0.396 e. The summed E-state index contributed by atoms with van der Waals surface area (Å²) in [6, 6.07) is 0. The first kappa shape index (κ1) is 9.62. The molecule has 0 amide bonds. The highest BCUT2D eigenvalue weighted by atomic mass is 16.5. The van der Waals surface area contributed by atoms with E-state index in [1.807, 2.05) is 0 Å². The molecule has 2 N–H and O–H groups in total. The topological polar surface area (TPSA) is 49.7 Å². The van der Waals surface area contributed by atoms with E-state index in [1.54, 1.807) is 6.08 Å². The molecule has 0 radical (unpaired) electrons. The van der Waals surface area contributed by atoms with Crippen molar-refractivity contribution in [2.75, 3.05) is 19.8 Å². The summed E-state index contributed by atoms with van der Waals surface area (Å²) >= 11 is 0. The van der Waals surface area contributed by atoms with E-state index >= 15 is 0 Å². The van der Waals surface area contributed by atoms with Gasteiger partial charge < -0.3 is 14.9 Å². The van der Waals surface area contributed by atoms with Crippen molar-refractivity contribution in [2.45, 2.75) is 12.5 Å². The fraction of sp³-hybridized carbons (Fsp3) is 0.714. The molecule has 1 atom stereocenters. The minimum atomic E-state index is -0.247. The molecule has 0 bridgehead atoms. The lowest BCUT2D eigenvalue weighted by molar-refractivity contribution is 0.0133. The standard InChI is InChI=1S/C7H14O3/c1-2-5-10-7(6-9)3-4-8/h2,7-9H,1,3-6H2. The minimum absolute atomic E-state index is 0.0440. The van der Waals surface area contributed by atoms with Crippen LogP contribution in [0.4, 0.5) is 0 Å². The third-order valence-corrected chi connectivity index (χ3v) is 1.10. The highest BCUT2D eigenvalue weighted by Crippen LogP contribution is 1.95. The van der Waals surface area contributed by atoms with Crippen LogP contribution < -0.4 is 0 Å². The Kier molecular flexibility index (Phi) is 6.48. The average molecular weight is 146 g/mol. The van der Waals surface area contributed by atoms with Crippen LogP contribution in [0.3, 0.4) is 0 Å². The molecule has 0 aromatic carbocycles. The van der Waals surface area contributed by atoms with Crippen LogP contribution in [-0.4, -0.2) is 36.1 Å². The van der Waals surface area contributed by atoms with E-state index in [0.717, 1.165) is 0 Å². The average Bonchev–Trinajstić information content (AvgIpc) is 1.98. The molecule has 3 heteroatoms. The zero-order valence-corrected chi connectivity index (χ0v) is 5.99. The van der Waals surface area contributed by atoms with Gasteiger partial charge in [0.1, 0.15) is 0 Å². The van der Waals surface area contributed by atoms with E-state index in [2.05, 4.69) is 6.58 Å². The second-order valence-corrected chi connectivity index (χ2v) is 1.94. The summed E-state index contributed by atoms with van der Waals surface area (Å²) < 4.78 is 5.05. The Bertz CT molecular complexity index is 82.9. The number of rotatable bonds is 6. The van der Waals surface area contributed by atoms with Gasteiger partial charge in [0.25, 0.3) is 0 Å². The van der Waals surface area contributed by atoms with E-state index in [1.165, 1.54) is 0 Å². The number of aliphatic hydroxyl groups excluding tert-OH is 2. The summed E-state index contributed by atoms with van der Waals surface area (Å²) in [5.74, 6) is 0. The number of aliphatic hydroxyl groups is 2. The molecule has 1 unspecified atom stereocenters. The largest absolute Gasteiger partial charge is 0.396 e. The molecule has 0 fully saturated rings. The van der Waals surface area contributed by atoms with E-state index in [9.17, 15) is 0 Å². The monoisotopic (exact) mass is 146 g/mol. The summed E-state index contributed by atoms with van der Waals surface area (Å²) in [5.41, 5.74) is 0. The van der Waals surface area contributed by atoms with Crippen molar-refractivity contribution < 1.29 is 14.9 Å². The van der Waals surface area contributed by atoms with E-state index < -0.39 is 0 Å². The molecule has 0 saturated heterocycles. The molecule has 0 saturated carbocycles. The van der Waals surface area contributed by atoms with Crippen LogP contribution in [0.1, 0.15) is 6.42 Å². The zero-order valence-electron chi connectivity index (χ0n) is 5.99. The number of hydrogen-bond donors (Lipinski definition) is 2. The third-order valence-electron chi connectivity index (χ3n) is 1.10. The van der Waals surface area contributed by atoms with Crippen molar-refractivity contribution in [1.82, 2.24) is 0 Å². The summed E-state index contributed by atoms with van der Waals surface area (Å²) in [4.78, 5) is 0. The Labute approximate surface area is 60.9 Å². The van der Waals surface area contributed by atoms with Crippen molar-refractivity contribution >= 4 is 0 Å². The SMILES string of the molecule is C=CCOC(CO)CCO. The zero-order chi connectivity index (χ0) is 7.82. The lowest BCUT2D eigenvalue weighted by Crippen LogP contribution is -2.19. The Balaban J connectivity index is 3.29. The maximum atomic E-state index is 8.61. The molecule has 3 nitrogen and oxygen atoms in total. The van der Waals surface area contributed by atoms with Gasteiger partial charge in [-0.2, -0.15) is 0 Å². The molecule has 0 aliphatic rings. The lowest BCUT2D eigenvalue weighted by atomic mass is 10.3. The maximum Gasteiger partial charge on any atom is 0.0831 e. The molecule has 0 heterocycles. The highest BCUT2D eigenvalue weighted by molar-refractivity contribution is 4.66. The van der Waals surface area contributed by atoms with Gasteiger partial charge >= 0.3 is 0 Å². The van der Waals surface area contributed by atoms with Gasteiger partial charge in [-0.05, 0) is 6.42 Å². The van der Waals surface area contributed by atoms with Crippen molar-refractivity contribution in [3.05, 3.63) is 12.7 Å². The fourth-order valence-corrected chi connectivity index (χ4v) is 0.575. The van der Waals surface area contributed by atoms with Crippen molar-refractivity contribution in [3.63, 3.8) is 0 Å². The summed E-state index contributed by atoms with van der Waals surface area (Å²) in [6.45, 7) is 3.88. The predicted molar refractivity (Wildman–Crippen MR) is 38.7 cm³/mol. The molecule has 0 aliphatic heterocycles. The second-order valence-electron chi connectivity index (χ2n) is 1.94. The van der Waals surface area contributed by atoms with Gasteiger partial charge in [0.05, 0.1) is 19.3 Å². The predicted octanol–water partition coefficient (Wildman–Crippen LogP) is -0.0677. The maximum absolute atomic E-state index is 8.61. The Morgan fingerprint density at radius 3 is 2.60 bits per heavy atom. The fourth-order valence-electron chi connectivity index (χ4n) is 0.575. The van der Waals surface area contributed by atoms with Gasteiger partial charge in [0.2, 0.25) is 0 Å². The first-order chi connectivity index (χ1) is 4.85.